The maximum absolute atomic E-state index is 10.8. The van der Waals surface area contributed by atoms with E-state index in [1.165, 1.54) is 18.2 Å². The van der Waals surface area contributed by atoms with Crippen molar-refractivity contribution in [1.82, 2.24) is 10.3 Å². The number of nitrogens with zero attached hydrogens (tertiary/aromatic N) is 3. The molecule has 0 bridgehead atoms. The zero-order valence-electron chi connectivity index (χ0n) is 9.29. The Kier molecular flexibility index (Phi) is 3.42. The van der Waals surface area contributed by atoms with Crippen molar-refractivity contribution in [3.05, 3.63) is 44.7 Å². The molecule has 0 radical (unpaired) electrons. The average molecular weight is 270 g/mol. The molecule has 0 N–H and O–H groups in total. The summed E-state index contributed by atoms with van der Waals surface area (Å²) in [5, 5.41) is 18.3. The molecule has 1 heterocycles. The van der Waals surface area contributed by atoms with Crippen LogP contribution in [-0.2, 0) is 6.61 Å². The molecule has 1 aromatic carbocycles. The van der Waals surface area contributed by atoms with Gasteiger partial charge in [0.25, 0.3) is 0 Å². The maximum atomic E-state index is 10.8. The van der Waals surface area contributed by atoms with E-state index in [9.17, 15) is 10.1 Å². The summed E-state index contributed by atoms with van der Waals surface area (Å²) in [6.07, 6.45) is 0. The van der Waals surface area contributed by atoms with Crippen LogP contribution in [0.2, 0.25) is 5.02 Å². The highest BCUT2D eigenvalue weighted by Crippen LogP contribution is 2.30. The van der Waals surface area contributed by atoms with Gasteiger partial charge in [0.2, 0.25) is 0 Å². The predicted molar refractivity (Wildman–Crippen MR) is 61.5 cm³/mol. The summed E-state index contributed by atoms with van der Waals surface area (Å²) < 4.78 is 9.81. The first kappa shape index (κ1) is 12.3. The fraction of sp³-hybridized carbons (Fsp3) is 0.200. The summed E-state index contributed by atoms with van der Waals surface area (Å²) in [6, 6.07) is 4.09. The molecule has 0 saturated heterocycles. The first-order valence-electron chi connectivity index (χ1n) is 4.92. The number of ether oxygens (including phenoxy) is 1. The lowest BCUT2D eigenvalue weighted by Gasteiger charge is -2.05. The van der Waals surface area contributed by atoms with Gasteiger partial charge in [-0.3, -0.25) is 10.1 Å². The Balaban J connectivity index is 2.20. The van der Waals surface area contributed by atoms with Crippen molar-refractivity contribution >= 4 is 17.3 Å². The van der Waals surface area contributed by atoms with Gasteiger partial charge in [-0.1, -0.05) is 21.9 Å². The Hall–Kier alpha value is -2.15. The third-order valence-electron chi connectivity index (χ3n) is 2.23. The first-order chi connectivity index (χ1) is 8.58. The van der Waals surface area contributed by atoms with Crippen LogP contribution in [0.3, 0.4) is 0 Å². The van der Waals surface area contributed by atoms with Crippen LogP contribution in [0.4, 0.5) is 5.69 Å². The molecule has 8 heteroatoms. The van der Waals surface area contributed by atoms with Crippen molar-refractivity contribution < 1.29 is 14.3 Å². The summed E-state index contributed by atoms with van der Waals surface area (Å²) in [5.41, 5.74) is 0.887. The molecular formula is C10H8ClN3O4. The molecular weight excluding hydrogens is 262 g/mol. The highest BCUT2D eigenvalue weighted by Gasteiger charge is 2.16. The van der Waals surface area contributed by atoms with E-state index in [1.54, 1.807) is 6.92 Å². The molecule has 0 aliphatic carbocycles. The van der Waals surface area contributed by atoms with Crippen molar-refractivity contribution in [3.8, 4) is 5.75 Å². The van der Waals surface area contributed by atoms with E-state index < -0.39 is 4.92 Å². The molecule has 0 atom stereocenters. The fourth-order valence-corrected chi connectivity index (χ4v) is 1.44. The molecule has 0 fully saturated rings. The number of nitro benzene ring substituents is 1. The number of halogens is 1. The second-order valence-electron chi connectivity index (χ2n) is 3.45. The highest BCUT2D eigenvalue weighted by atomic mass is 35.5. The maximum Gasteiger partial charge on any atom is 0.311 e. The summed E-state index contributed by atoms with van der Waals surface area (Å²) in [5.74, 6) is 0.0786. The zero-order chi connectivity index (χ0) is 13.1. The van der Waals surface area contributed by atoms with E-state index in [0.717, 1.165) is 0 Å². The normalized spacial score (nSPS) is 10.3. The number of hydrogen-bond donors (Lipinski definition) is 0. The standard InChI is InChI=1S/C10H8ClN3O4/c1-6-8(13-18-12-6)5-17-10-4-7(11)2-3-9(10)14(15)16/h2-4H,5H2,1H3. The molecule has 2 aromatic rings. The molecule has 7 nitrogen and oxygen atoms in total. The molecule has 18 heavy (non-hydrogen) atoms. The number of aryl methyl sites for hydroxylation is 1. The van der Waals surface area contributed by atoms with E-state index in [2.05, 4.69) is 14.9 Å². The smallest absolute Gasteiger partial charge is 0.311 e. The van der Waals surface area contributed by atoms with Gasteiger partial charge in [0.1, 0.15) is 18.0 Å². The van der Waals surface area contributed by atoms with Crippen LogP contribution in [0.5, 0.6) is 5.75 Å². The van der Waals surface area contributed by atoms with Gasteiger partial charge in [0.05, 0.1) is 4.92 Å². The monoisotopic (exact) mass is 269 g/mol. The van der Waals surface area contributed by atoms with Crippen LogP contribution < -0.4 is 4.74 Å². The molecule has 0 saturated carbocycles. The number of hydrogen-bond acceptors (Lipinski definition) is 6. The second-order valence-corrected chi connectivity index (χ2v) is 3.89. The Labute approximate surface area is 106 Å². The number of aromatic nitrogens is 2. The average Bonchev–Trinajstić information content (AvgIpc) is 2.72. The lowest BCUT2D eigenvalue weighted by Crippen LogP contribution is -2.00. The van der Waals surface area contributed by atoms with E-state index in [1.807, 2.05) is 0 Å². The molecule has 2 rings (SSSR count). The quantitative estimate of drug-likeness (QED) is 0.625. The molecule has 94 valence electrons. The van der Waals surface area contributed by atoms with Gasteiger partial charge < -0.3 is 4.74 Å². The molecule has 0 aliphatic rings. The second kappa shape index (κ2) is 5.01. The van der Waals surface area contributed by atoms with Crippen LogP contribution in [0, 0.1) is 17.0 Å². The molecule has 0 unspecified atom stereocenters. The number of nitro groups is 1. The Morgan fingerprint density at radius 2 is 2.28 bits per heavy atom. The Morgan fingerprint density at radius 1 is 1.50 bits per heavy atom. The van der Waals surface area contributed by atoms with E-state index >= 15 is 0 Å². The summed E-state index contributed by atoms with van der Waals surface area (Å²) >= 11 is 5.76. The van der Waals surface area contributed by atoms with E-state index in [-0.39, 0.29) is 18.0 Å². The minimum atomic E-state index is -0.542. The van der Waals surface area contributed by atoms with Crippen molar-refractivity contribution in [1.29, 1.82) is 0 Å². The summed E-state index contributed by atoms with van der Waals surface area (Å²) in [6.45, 7) is 1.72. The molecule has 0 aliphatic heterocycles. The topological polar surface area (TPSA) is 91.3 Å². The number of rotatable bonds is 4. The third kappa shape index (κ3) is 2.57. The van der Waals surface area contributed by atoms with Gasteiger partial charge in [0.15, 0.2) is 5.75 Å². The van der Waals surface area contributed by atoms with Crippen LogP contribution in [0.15, 0.2) is 22.8 Å². The van der Waals surface area contributed by atoms with Gasteiger partial charge >= 0.3 is 5.69 Å². The Bertz CT molecular complexity index is 584. The largest absolute Gasteiger partial charge is 0.480 e. The van der Waals surface area contributed by atoms with Gasteiger partial charge in [-0.15, -0.1) is 0 Å². The lowest BCUT2D eigenvalue weighted by atomic mass is 10.3. The lowest BCUT2D eigenvalue weighted by molar-refractivity contribution is -0.385. The SMILES string of the molecule is Cc1nonc1COc1cc(Cl)ccc1[N+](=O)[O-]. The van der Waals surface area contributed by atoms with Gasteiger partial charge in [-0.25, -0.2) is 4.63 Å². The van der Waals surface area contributed by atoms with Gasteiger partial charge in [0, 0.05) is 17.2 Å². The van der Waals surface area contributed by atoms with Crippen molar-refractivity contribution in [3.63, 3.8) is 0 Å². The molecule has 0 spiro atoms. The van der Waals surface area contributed by atoms with E-state index in [0.29, 0.717) is 16.4 Å². The molecule has 0 amide bonds. The summed E-state index contributed by atoms with van der Waals surface area (Å²) in [4.78, 5) is 10.3. The number of benzene rings is 1. The predicted octanol–water partition coefficient (Wildman–Crippen LogP) is 2.52. The van der Waals surface area contributed by atoms with E-state index in [4.69, 9.17) is 16.3 Å². The molecule has 1 aromatic heterocycles. The zero-order valence-corrected chi connectivity index (χ0v) is 10.0. The minimum Gasteiger partial charge on any atom is -0.480 e. The Morgan fingerprint density at radius 3 is 2.89 bits per heavy atom. The summed E-state index contributed by atoms with van der Waals surface area (Å²) in [7, 11) is 0. The van der Waals surface area contributed by atoms with Crippen molar-refractivity contribution in [2.45, 2.75) is 13.5 Å². The van der Waals surface area contributed by atoms with Crippen LogP contribution in [0.1, 0.15) is 11.4 Å². The van der Waals surface area contributed by atoms with Crippen LogP contribution in [-0.4, -0.2) is 15.2 Å². The first-order valence-corrected chi connectivity index (χ1v) is 5.30. The fourth-order valence-electron chi connectivity index (χ4n) is 1.28. The highest BCUT2D eigenvalue weighted by molar-refractivity contribution is 6.30. The minimum absolute atomic E-state index is 0.0243. The third-order valence-corrected chi connectivity index (χ3v) is 2.46. The van der Waals surface area contributed by atoms with Crippen molar-refractivity contribution in [2.75, 3.05) is 0 Å². The van der Waals surface area contributed by atoms with Gasteiger partial charge in [-0.05, 0) is 13.0 Å². The van der Waals surface area contributed by atoms with Gasteiger partial charge in [-0.2, -0.15) is 0 Å². The van der Waals surface area contributed by atoms with Crippen LogP contribution in [0.25, 0.3) is 0 Å². The van der Waals surface area contributed by atoms with Crippen LogP contribution >= 0.6 is 11.6 Å². The van der Waals surface area contributed by atoms with Crippen molar-refractivity contribution in [2.24, 2.45) is 0 Å².